The minimum absolute atomic E-state index is 0. The number of hydrogen-bond donors (Lipinski definition) is 0. The number of likely N-dealkylation sites (tertiary alicyclic amines) is 2. The molecular formula is C49H74N6O8S. The summed E-state index contributed by atoms with van der Waals surface area (Å²) in [6, 6.07) is 14.6. The highest BCUT2D eigenvalue weighted by molar-refractivity contribution is 7.88. The van der Waals surface area contributed by atoms with E-state index < -0.39 is 10.0 Å². The van der Waals surface area contributed by atoms with Crippen LogP contribution >= 0.6 is 0 Å². The summed E-state index contributed by atoms with van der Waals surface area (Å²) in [7, 11) is -3.24. The summed E-state index contributed by atoms with van der Waals surface area (Å²) in [4.78, 5) is 55.9. The van der Waals surface area contributed by atoms with Gasteiger partial charge in [-0.3, -0.25) is 14.5 Å². The Labute approximate surface area is 381 Å². The van der Waals surface area contributed by atoms with Crippen LogP contribution in [0.5, 0.6) is 0 Å². The number of piperidine rings is 2. The molecular weight excluding hydrogens is 833 g/mol. The quantitative estimate of drug-likeness (QED) is 0.173. The molecule has 2 fully saturated rings. The Morgan fingerprint density at radius 3 is 1.56 bits per heavy atom. The van der Waals surface area contributed by atoms with E-state index in [0.717, 1.165) is 127 Å². The maximum absolute atomic E-state index is 13.1. The zero-order valence-electron chi connectivity index (χ0n) is 38.2. The highest BCUT2D eigenvalue weighted by Gasteiger charge is 2.28. The van der Waals surface area contributed by atoms with Gasteiger partial charge in [0.1, 0.15) is 0 Å². The van der Waals surface area contributed by atoms with E-state index >= 15 is 0 Å². The number of fused-ring (bicyclic) bond motifs is 2. The minimum atomic E-state index is -3.24. The lowest BCUT2D eigenvalue weighted by atomic mass is 9.92. The average molecular weight is 907 g/mol. The first-order chi connectivity index (χ1) is 30.1. The number of aromatic nitrogens is 2. The summed E-state index contributed by atoms with van der Waals surface area (Å²) >= 11 is 0. The van der Waals surface area contributed by atoms with E-state index in [1.807, 2.05) is 55.5 Å². The molecule has 15 heteroatoms. The van der Waals surface area contributed by atoms with Gasteiger partial charge in [0.05, 0.1) is 18.5 Å². The van der Waals surface area contributed by atoms with Crippen molar-refractivity contribution in [3.8, 4) is 0 Å². The number of carbonyl (C=O) groups is 2. The molecule has 0 N–H and O–H groups in total. The van der Waals surface area contributed by atoms with Crippen LogP contribution in [0.3, 0.4) is 0 Å². The SMILES string of the molecule is C.CC(C)OC(=O)N1CCC(CCCn2ccc3c(c2=O)CCN(Cc2ccccc2)C3)CC1.CC(C)OC(=O)N1CCC(CCCn2ccc3c(c2=O)CCN(S(C)(=O)=O)C3)CC1. The van der Waals surface area contributed by atoms with Crippen LogP contribution in [0.25, 0.3) is 0 Å². The van der Waals surface area contributed by atoms with Crippen LogP contribution in [-0.4, -0.2) is 106 Å². The van der Waals surface area contributed by atoms with Gasteiger partial charge in [-0.1, -0.05) is 37.8 Å². The Hall–Kier alpha value is -4.47. The first kappa shape index (κ1) is 50.5. The fourth-order valence-corrected chi connectivity index (χ4v) is 10.1. The van der Waals surface area contributed by atoms with Crippen LogP contribution < -0.4 is 11.1 Å². The Kier molecular flexibility index (Phi) is 18.7. The molecule has 4 aliphatic rings. The van der Waals surface area contributed by atoms with Crippen LogP contribution in [0.4, 0.5) is 9.59 Å². The molecule has 14 nitrogen and oxygen atoms in total. The molecule has 0 atom stereocenters. The second-order valence-corrected chi connectivity index (χ2v) is 20.4. The average Bonchev–Trinajstić information content (AvgIpc) is 3.25. The van der Waals surface area contributed by atoms with E-state index in [1.165, 1.54) is 21.7 Å². The number of nitrogens with zero attached hydrogens (tertiary/aromatic N) is 6. The van der Waals surface area contributed by atoms with Crippen molar-refractivity contribution in [2.45, 2.75) is 144 Å². The number of hydrogen-bond acceptors (Lipinski definition) is 9. The van der Waals surface area contributed by atoms with Gasteiger partial charge in [0.25, 0.3) is 11.1 Å². The van der Waals surface area contributed by atoms with E-state index in [1.54, 1.807) is 15.7 Å². The zero-order valence-corrected chi connectivity index (χ0v) is 39.0. The Morgan fingerprint density at radius 2 is 1.11 bits per heavy atom. The highest BCUT2D eigenvalue weighted by Crippen LogP contribution is 2.25. The third-order valence-electron chi connectivity index (χ3n) is 12.9. The maximum Gasteiger partial charge on any atom is 0.410 e. The molecule has 2 saturated heterocycles. The van der Waals surface area contributed by atoms with Gasteiger partial charge in [0.15, 0.2) is 0 Å². The molecule has 0 aliphatic carbocycles. The summed E-state index contributed by atoms with van der Waals surface area (Å²) < 4.78 is 39.2. The molecule has 0 spiro atoms. The maximum atomic E-state index is 13.1. The molecule has 64 heavy (non-hydrogen) atoms. The number of aryl methyl sites for hydroxylation is 2. The van der Waals surface area contributed by atoms with Gasteiger partial charge in [0, 0.05) is 95.5 Å². The number of benzene rings is 1. The lowest BCUT2D eigenvalue weighted by Gasteiger charge is -2.32. The topological polar surface area (TPSA) is 144 Å². The predicted octanol–water partition coefficient (Wildman–Crippen LogP) is 7.28. The molecule has 0 unspecified atom stereocenters. The summed E-state index contributed by atoms with van der Waals surface area (Å²) in [6.07, 6.45) is 13.7. The first-order valence-electron chi connectivity index (χ1n) is 23.2. The van der Waals surface area contributed by atoms with Crippen LogP contribution in [0.2, 0.25) is 0 Å². The Balaban J connectivity index is 0.000000238. The standard InChI is InChI=1S/C27H37N3O3.C21H33N3O5S.CH4/c1-21(2)33-27(32)30-16-10-22(11-17-30)9-6-14-29-18-12-24-20-28(15-13-25(24)26(29)31)19-23-7-4-3-5-8-23;1-16(2)29-21(26)23-11-6-17(7-12-23)5-4-10-22-13-8-18-15-24(30(3,27)28)14-9-19(18)20(22)25;/h3-5,7-8,12,18,21-22H,6,9-11,13-17,19-20H2,1-2H3;8,13,16-17H,4-7,9-12,14-15H2,1-3H3;1H4. The zero-order chi connectivity index (χ0) is 45.1. The van der Waals surface area contributed by atoms with Crippen molar-refractivity contribution < 1.29 is 27.5 Å². The van der Waals surface area contributed by atoms with E-state index in [2.05, 4.69) is 35.2 Å². The highest BCUT2D eigenvalue weighted by atomic mass is 32.2. The molecule has 7 rings (SSSR count). The largest absolute Gasteiger partial charge is 0.447 e. The predicted molar refractivity (Wildman–Crippen MR) is 252 cm³/mol. The lowest BCUT2D eigenvalue weighted by molar-refractivity contribution is 0.0637. The number of carbonyl (C=O) groups excluding carboxylic acids is 2. The summed E-state index contributed by atoms with van der Waals surface area (Å²) in [5.74, 6) is 1.18. The van der Waals surface area contributed by atoms with Crippen LogP contribution in [-0.2, 0) is 65.1 Å². The van der Waals surface area contributed by atoms with E-state index in [4.69, 9.17) is 9.47 Å². The molecule has 4 aliphatic heterocycles. The van der Waals surface area contributed by atoms with Crippen molar-refractivity contribution >= 4 is 22.2 Å². The number of sulfonamides is 1. The molecule has 0 radical (unpaired) electrons. The van der Waals surface area contributed by atoms with Gasteiger partial charge in [-0.2, -0.15) is 4.31 Å². The molecule has 1 aromatic carbocycles. The van der Waals surface area contributed by atoms with Crippen molar-refractivity contribution in [3.63, 3.8) is 0 Å². The minimum Gasteiger partial charge on any atom is -0.447 e. The fourth-order valence-electron chi connectivity index (χ4n) is 9.32. The van der Waals surface area contributed by atoms with Gasteiger partial charge < -0.3 is 28.4 Å². The number of rotatable bonds is 13. The van der Waals surface area contributed by atoms with Gasteiger partial charge in [0.2, 0.25) is 10.0 Å². The monoisotopic (exact) mass is 907 g/mol. The smallest absolute Gasteiger partial charge is 0.410 e. The summed E-state index contributed by atoms with van der Waals surface area (Å²) in [5, 5.41) is 0. The summed E-state index contributed by atoms with van der Waals surface area (Å²) in [5.41, 5.74) is 5.25. The van der Waals surface area contributed by atoms with Crippen LogP contribution in [0.1, 0.15) is 114 Å². The first-order valence-corrected chi connectivity index (χ1v) is 25.0. The van der Waals surface area contributed by atoms with Gasteiger partial charge >= 0.3 is 12.2 Å². The molecule has 0 saturated carbocycles. The lowest BCUT2D eigenvalue weighted by Crippen LogP contribution is -2.40. The van der Waals surface area contributed by atoms with E-state index in [0.29, 0.717) is 31.3 Å². The van der Waals surface area contributed by atoms with Gasteiger partial charge in [-0.25, -0.2) is 18.0 Å². The van der Waals surface area contributed by atoms with Crippen LogP contribution in [0.15, 0.2) is 64.4 Å². The second kappa shape index (κ2) is 23.6. The third-order valence-corrected chi connectivity index (χ3v) is 14.2. The fraction of sp³-hybridized carbons (Fsp3) is 0.633. The third kappa shape index (κ3) is 14.3. The van der Waals surface area contributed by atoms with Crippen molar-refractivity contribution in [2.75, 3.05) is 45.5 Å². The van der Waals surface area contributed by atoms with Crippen molar-refractivity contribution in [1.29, 1.82) is 0 Å². The van der Waals surface area contributed by atoms with Gasteiger partial charge in [-0.05, 0) is 133 Å². The van der Waals surface area contributed by atoms with E-state index in [9.17, 15) is 27.6 Å². The molecule has 2 amide bonds. The second-order valence-electron chi connectivity index (χ2n) is 18.4. The Morgan fingerprint density at radius 1 is 0.656 bits per heavy atom. The Bertz CT molecular complexity index is 2210. The van der Waals surface area contributed by atoms with E-state index in [-0.39, 0.29) is 49.5 Å². The molecule has 3 aromatic rings. The van der Waals surface area contributed by atoms with Crippen molar-refractivity contribution in [2.24, 2.45) is 11.8 Å². The molecule has 354 valence electrons. The van der Waals surface area contributed by atoms with Crippen molar-refractivity contribution in [3.05, 3.63) is 103 Å². The normalized spacial score (nSPS) is 17.5. The number of ether oxygens (including phenoxy) is 2. The summed E-state index contributed by atoms with van der Waals surface area (Å²) in [6.45, 7) is 15.3. The molecule has 6 heterocycles. The molecule has 0 bridgehead atoms. The van der Waals surface area contributed by atoms with Crippen LogP contribution in [0, 0.1) is 11.8 Å². The van der Waals surface area contributed by atoms with Crippen molar-refractivity contribution in [1.82, 2.24) is 28.1 Å². The number of pyridine rings is 2. The van der Waals surface area contributed by atoms with Gasteiger partial charge in [-0.15, -0.1) is 0 Å². The number of amides is 2. The molecule has 2 aromatic heterocycles.